The fourth-order valence-electron chi connectivity index (χ4n) is 3.68. The molecule has 4 aromatic rings. The van der Waals surface area contributed by atoms with Crippen LogP contribution >= 0.6 is 61.1 Å². The van der Waals surface area contributed by atoms with Crippen LogP contribution in [0.3, 0.4) is 0 Å². The summed E-state index contributed by atoms with van der Waals surface area (Å²) in [6.07, 6.45) is 4.20. The van der Waals surface area contributed by atoms with E-state index in [0.717, 1.165) is 35.6 Å². The summed E-state index contributed by atoms with van der Waals surface area (Å²) in [4.78, 5) is 29.2. The zero-order chi connectivity index (χ0) is 26.5. The molecule has 3 aromatic carbocycles. The summed E-state index contributed by atoms with van der Waals surface area (Å²) in [5.74, 6) is 0.365. The zero-order valence-corrected chi connectivity index (χ0v) is 25.7. The molecule has 4 rings (SSSR count). The molecule has 0 spiro atoms. The Kier molecular flexibility index (Phi) is 9.35. The van der Waals surface area contributed by atoms with Crippen molar-refractivity contribution in [1.29, 1.82) is 0 Å². The van der Waals surface area contributed by atoms with Crippen molar-refractivity contribution in [1.82, 2.24) is 9.66 Å². The summed E-state index contributed by atoms with van der Waals surface area (Å²) in [6, 6.07) is 16.0. The maximum atomic E-state index is 13.3. The molecule has 190 valence electrons. The number of aromatic nitrogens is 2. The van der Waals surface area contributed by atoms with Crippen molar-refractivity contribution in [3.8, 4) is 5.75 Å². The second-order valence-corrected chi connectivity index (χ2v) is 11.5. The van der Waals surface area contributed by atoms with Crippen LogP contribution in [-0.4, -0.2) is 27.0 Å². The molecule has 0 saturated heterocycles. The van der Waals surface area contributed by atoms with Gasteiger partial charge in [0.25, 0.3) is 5.56 Å². The molecule has 0 aliphatic rings. The van der Waals surface area contributed by atoms with Gasteiger partial charge >= 0.3 is 5.97 Å². The lowest BCUT2D eigenvalue weighted by Crippen LogP contribution is -2.22. The first kappa shape index (κ1) is 27.7. The van der Waals surface area contributed by atoms with Gasteiger partial charge in [0.15, 0.2) is 0 Å². The molecular formula is C27H22BrI2N3O4. The molecule has 0 fully saturated rings. The Bertz CT molecular complexity index is 1550. The van der Waals surface area contributed by atoms with Crippen molar-refractivity contribution < 1.29 is 14.6 Å². The molecule has 1 N–H and O–H groups in total. The average molecular weight is 786 g/mol. The van der Waals surface area contributed by atoms with Crippen LogP contribution in [0.15, 0.2) is 69.0 Å². The largest absolute Gasteiger partial charge is 0.487 e. The number of benzene rings is 3. The molecule has 1 heterocycles. The summed E-state index contributed by atoms with van der Waals surface area (Å²) in [6.45, 7) is 2.34. The lowest BCUT2D eigenvalue weighted by molar-refractivity contribution is 0.0696. The third-order valence-electron chi connectivity index (χ3n) is 5.53. The van der Waals surface area contributed by atoms with E-state index in [-0.39, 0.29) is 17.7 Å². The molecule has 1 aromatic heterocycles. The summed E-state index contributed by atoms with van der Waals surface area (Å²) in [5.41, 5.74) is 2.26. The Morgan fingerprint density at radius 2 is 1.92 bits per heavy atom. The van der Waals surface area contributed by atoms with Crippen LogP contribution in [0.5, 0.6) is 5.75 Å². The average Bonchev–Trinajstić information content (AvgIpc) is 2.87. The first-order valence-corrected chi connectivity index (χ1v) is 14.4. The number of carboxylic acid groups (broad SMARTS) is 1. The van der Waals surface area contributed by atoms with Crippen molar-refractivity contribution in [2.24, 2.45) is 5.10 Å². The Morgan fingerprint density at radius 3 is 2.62 bits per heavy atom. The molecule has 0 saturated carbocycles. The molecule has 0 atom stereocenters. The van der Waals surface area contributed by atoms with Gasteiger partial charge in [-0.2, -0.15) is 9.78 Å². The first-order chi connectivity index (χ1) is 17.8. The summed E-state index contributed by atoms with van der Waals surface area (Å²) in [5, 5.41) is 14.2. The molecule has 0 aliphatic heterocycles. The van der Waals surface area contributed by atoms with E-state index in [2.05, 4.69) is 73.1 Å². The minimum atomic E-state index is -0.971. The van der Waals surface area contributed by atoms with Crippen LogP contribution in [0, 0.1) is 7.14 Å². The van der Waals surface area contributed by atoms with E-state index in [9.17, 15) is 14.7 Å². The Hall–Kier alpha value is -2.32. The van der Waals surface area contributed by atoms with Gasteiger partial charge in [-0.3, -0.25) is 4.79 Å². The van der Waals surface area contributed by atoms with Crippen LogP contribution in [0.2, 0.25) is 0 Å². The van der Waals surface area contributed by atoms with Gasteiger partial charge in [0.2, 0.25) is 0 Å². The summed E-state index contributed by atoms with van der Waals surface area (Å²) >= 11 is 7.84. The van der Waals surface area contributed by atoms with Crippen LogP contribution < -0.4 is 10.3 Å². The van der Waals surface area contributed by atoms with E-state index >= 15 is 0 Å². The van der Waals surface area contributed by atoms with Gasteiger partial charge in [0.05, 0.1) is 29.8 Å². The molecule has 37 heavy (non-hydrogen) atoms. The molecule has 7 nitrogen and oxygen atoms in total. The number of carbonyl (C=O) groups is 1. The second-order valence-electron chi connectivity index (χ2n) is 8.26. The third kappa shape index (κ3) is 6.77. The summed E-state index contributed by atoms with van der Waals surface area (Å²) < 4.78 is 9.98. The topological polar surface area (TPSA) is 93.8 Å². The normalized spacial score (nSPS) is 11.4. The molecular weight excluding hydrogens is 764 g/mol. The van der Waals surface area contributed by atoms with Crippen molar-refractivity contribution in [3.05, 3.63) is 99.1 Å². The monoisotopic (exact) mass is 785 g/mol. The van der Waals surface area contributed by atoms with Gasteiger partial charge in [-0.1, -0.05) is 41.4 Å². The van der Waals surface area contributed by atoms with Crippen molar-refractivity contribution in [2.75, 3.05) is 0 Å². The Labute approximate surface area is 249 Å². The third-order valence-corrected chi connectivity index (χ3v) is 7.63. The second kappa shape index (κ2) is 12.5. The number of nitrogens with zero attached hydrogens (tertiary/aromatic N) is 3. The van der Waals surface area contributed by atoms with Gasteiger partial charge in [-0.15, -0.1) is 0 Å². The van der Waals surface area contributed by atoms with Gasteiger partial charge in [0.1, 0.15) is 18.2 Å². The van der Waals surface area contributed by atoms with E-state index in [1.807, 2.05) is 30.3 Å². The Balaban J connectivity index is 1.62. The van der Waals surface area contributed by atoms with Crippen LogP contribution in [0.4, 0.5) is 0 Å². The highest BCUT2D eigenvalue weighted by Gasteiger charge is 2.13. The molecule has 0 radical (unpaired) electrons. The summed E-state index contributed by atoms with van der Waals surface area (Å²) in [7, 11) is 0. The van der Waals surface area contributed by atoms with Gasteiger partial charge in [0, 0.05) is 10.9 Å². The van der Waals surface area contributed by atoms with Gasteiger partial charge in [-0.25, -0.2) is 9.78 Å². The van der Waals surface area contributed by atoms with Crippen molar-refractivity contribution in [2.45, 2.75) is 32.8 Å². The van der Waals surface area contributed by atoms with Gasteiger partial charge < -0.3 is 9.84 Å². The zero-order valence-electron chi connectivity index (χ0n) is 19.7. The maximum Gasteiger partial charge on any atom is 0.335 e. The number of halogens is 3. The van der Waals surface area contributed by atoms with E-state index in [4.69, 9.17) is 9.72 Å². The van der Waals surface area contributed by atoms with Crippen LogP contribution in [-0.2, 0) is 13.0 Å². The van der Waals surface area contributed by atoms with Crippen molar-refractivity contribution in [3.63, 3.8) is 0 Å². The van der Waals surface area contributed by atoms with E-state index < -0.39 is 5.97 Å². The lowest BCUT2D eigenvalue weighted by Gasteiger charge is -2.12. The standard InChI is InChI=1S/C27H22BrI2N3O4/c1-2-3-7-24-32-23-9-8-19(28)13-20(23)26(34)33(24)31-14-17-11-21(29)25(22(30)12-17)37-15-16-5-4-6-18(10-16)27(35)36/h4-6,8-14H,2-3,7,15H2,1H3,(H,35,36). The number of unbranched alkanes of at least 4 members (excludes halogenated alkanes) is 1. The fourth-order valence-corrected chi connectivity index (χ4v) is 6.17. The maximum absolute atomic E-state index is 13.3. The number of ether oxygens (including phenoxy) is 1. The SMILES string of the molecule is CCCCc1nc2ccc(Br)cc2c(=O)n1N=Cc1cc(I)c(OCc2cccc(C(=O)O)c2)c(I)c1. The Morgan fingerprint density at radius 1 is 1.16 bits per heavy atom. The highest BCUT2D eigenvalue weighted by atomic mass is 127. The number of aromatic carboxylic acids is 1. The molecule has 0 aliphatic carbocycles. The lowest BCUT2D eigenvalue weighted by atomic mass is 10.1. The first-order valence-electron chi connectivity index (χ1n) is 11.5. The minimum Gasteiger partial charge on any atom is -0.487 e. The number of rotatable bonds is 9. The van der Waals surface area contributed by atoms with E-state index in [0.29, 0.717) is 28.9 Å². The quantitative estimate of drug-likeness (QED) is 0.148. The number of fused-ring (bicyclic) bond motifs is 1. The smallest absolute Gasteiger partial charge is 0.335 e. The number of aryl methyl sites for hydroxylation is 1. The predicted molar refractivity (Wildman–Crippen MR) is 165 cm³/mol. The highest BCUT2D eigenvalue weighted by molar-refractivity contribution is 14.1. The predicted octanol–water partition coefficient (Wildman–Crippen LogP) is 6.87. The number of hydrogen-bond acceptors (Lipinski definition) is 5. The minimum absolute atomic E-state index is 0.207. The van der Waals surface area contributed by atoms with E-state index in [1.165, 1.54) is 4.68 Å². The molecule has 0 unspecified atom stereocenters. The van der Waals surface area contributed by atoms with Crippen LogP contribution in [0.1, 0.15) is 47.1 Å². The molecule has 10 heteroatoms. The van der Waals surface area contributed by atoms with Crippen molar-refractivity contribution >= 4 is 84.2 Å². The fraction of sp³-hybridized carbons (Fsp3) is 0.185. The number of carboxylic acids is 1. The highest BCUT2D eigenvalue weighted by Crippen LogP contribution is 2.29. The number of hydrogen-bond donors (Lipinski definition) is 1. The van der Waals surface area contributed by atoms with Gasteiger partial charge in [-0.05, 0) is 105 Å². The molecule has 0 bridgehead atoms. The van der Waals surface area contributed by atoms with E-state index in [1.54, 1.807) is 30.5 Å². The molecule has 0 amide bonds. The van der Waals surface area contributed by atoms with Crippen LogP contribution in [0.25, 0.3) is 10.9 Å².